The SMILES string of the molecule is Cc1ccc(NC(=O)C(C)n2nc(-c3ccco3)ccc2=O)cc1C. The van der Waals surface area contributed by atoms with Gasteiger partial charge in [-0.2, -0.15) is 5.10 Å². The monoisotopic (exact) mass is 337 g/mol. The number of carbonyl (C=O) groups excluding carboxylic acids is 1. The summed E-state index contributed by atoms with van der Waals surface area (Å²) in [6.07, 6.45) is 1.53. The van der Waals surface area contributed by atoms with E-state index in [2.05, 4.69) is 10.4 Å². The van der Waals surface area contributed by atoms with Crippen LogP contribution in [0.1, 0.15) is 24.1 Å². The van der Waals surface area contributed by atoms with Gasteiger partial charge in [0.05, 0.1) is 6.26 Å². The molecule has 0 aliphatic heterocycles. The minimum absolute atomic E-state index is 0.311. The van der Waals surface area contributed by atoms with Crippen LogP contribution in [-0.4, -0.2) is 15.7 Å². The van der Waals surface area contributed by atoms with E-state index in [0.717, 1.165) is 15.8 Å². The summed E-state index contributed by atoms with van der Waals surface area (Å²) in [6.45, 7) is 5.62. The molecule has 128 valence electrons. The number of carbonyl (C=O) groups is 1. The Labute approximate surface area is 145 Å². The van der Waals surface area contributed by atoms with Crippen LogP contribution >= 0.6 is 0 Å². The summed E-state index contributed by atoms with van der Waals surface area (Å²) in [7, 11) is 0. The molecule has 6 nitrogen and oxygen atoms in total. The predicted octanol–water partition coefficient (Wildman–Crippen LogP) is 3.32. The molecule has 0 aliphatic rings. The lowest BCUT2D eigenvalue weighted by atomic mass is 10.1. The highest BCUT2D eigenvalue weighted by Gasteiger charge is 2.19. The van der Waals surface area contributed by atoms with E-state index < -0.39 is 6.04 Å². The number of aromatic nitrogens is 2. The number of nitrogens with zero attached hydrogens (tertiary/aromatic N) is 2. The lowest BCUT2D eigenvalue weighted by Gasteiger charge is -2.15. The van der Waals surface area contributed by atoms with Crippen LogP contribution in [0.4, 0.5) is 5.69 Å². The van der Waals surface area contributed by atoms with E-state index in [0.29, 0.717) is 17.1 Å². The number of anilines is 1. The van der Waals surface area contributed by atoms with E-state index in [1.807, 2.05) is 32.0 Å². The lowest BCUT2D eigenvalue weighted by Crippen LogP contribution is -2.33. The Bertz CT molecular complexity index is 958. The van der Waals surface area contributed by atoms with Crippen molar-refractivity contribution in [1.82, 2.24) is 9.78 Å². The van der Waals surface area contributed by atoms with Crippen LogP contribution in [0.5, 0.6) is 0 Å². The van der Waals surface area contributed by atoms with Crippen molar-refractivity contribution in [3.8, 4) is 11.5 Å². The number of hydrogen-bond donors (Lipinski definition) is 1. The number of rotatable bonds is 4. The molecule has 0 aliphatic carbocycles. The van der Waals surface area contributed by atoms with Crippen LogP contribution in [-0.2, 0) is 4.79 Å². The van der Waals surface area contributed by atoms with Crippen LogP contribution in [0.2, 0.25) is 0 Å². The van der Waals surface area contributed by atoms with Gasteiger partial charge in [0, 0.05) is 11.8 Å². The van der Waals surface area contributed by atoms with Gasteiger partial charge in [0.25, 0.3) is 5.56 Å². The molecule has 1 N–H and O–H groups in total. The first-order chi connectivity index (χ1) is 12.0. The number of amides is 1. The minimum atomic E-state index is -0.760. The molecule has 1 unspecified atom stereocenters. The minimum Gasteiger partial charge on any atom is -0.463 e. The molecule has 1 atom stereocenters. The maximum Gasteiger partial charge on any atom is 0.267 e. The molecule has 0 saturated heterocycles. The van der Waals surface area contributed by atoms with E-state index in [1.165, 1.54) is 12.3 Å². The molecule has 0 saturated carbocycles. The molecule has 6 heteroatoms. The fourth-order valence-corrected chi connectivity index (χ4v) is 2.44. The molecule has 2 heterocycles. The average molecular weight is 337 g/mol. The third-order valence-electron chi connectivity index (χ3n) is 4.12. The molecule has 1 amide bonds. The van der Waals surface area contributed by atoms with Crippen LogP contribution in [0.15, 0.2) is 57.9 Å². The van der Waals surface area contributed by atoms with Crippen molar-refractivity contribution < 1.29 is 9.21 Å². The Morgan fingerprint density at radius 3 is 2.64 bits per heavy atom. The van der Waals surface area contributed by atoms with Crippen molar-refractivity contribution in [1.29, 1.82) is 0 Å². The van der Waals surface area contributed by atoms with E-state index in [4.69, 9.17) is 4.42 Å². The zero-order chi connectivity index (χ0) is 18.0. The van der Waals surface area contributed by atoms with Crippen molar-refractivity contribution >= 4 is 11.6 Å². The molecule has 0 spiro atoms. The van der Waals surface area contributed by atoms with Gasteiger partial charge >= 0.3 is 0 Å². The van der Waals surface area contributed by atoms with E-state index >= 15 is 0 Å². The van der Waals surface area contributed by atoms with Gasteiger partial charge in [-0.3, -0.25) is 9.59 Å². The maximum absolute atomic E-state index is 12.5. The van der Waals surface area contributed by atoms with Crippen LogP contribution in [0, 0.1) is 13.8 Å². The Kier molecular flexibility index (Phi) is 4.52. The van der Waals surface area contributed by atoms with Gasteiger partial charge in [-0.1, -0.05) is 6.07 Å². The predicted molar refractivity (Wildman–Crippen MR) is 95.5 cm³/mol. The topological polar surface area (TPSA) is 77.1 Å². The van der Waals surface area contributed by atoms with Crippen LogP contribution in [0.25, 0.3) is 11.5 Å². The molecule has 1 aromatic carbocycles. The number of benzene rings is 1. The summed E-state index contributed by atoms with van der Waals surface area (Å²) < 4.78 is 6.46. The highest BCUT2D eigenvalue weighted by molar-refractivity contribution is 5.93. The Morgan fingerprint density at radius 2 is 1.96 bits per heavy atom. The van der Waals surface area contributed by atoms with Gasteiger partial charge in [0.2, 0.25) is 5.91 Å². The molecular formula is C19H19N3O3. The van der Waals surface area contributed by atoms with E-state index in [-0.39, 0.29) is 11.5 Å². The first kappa shape index (κ1) is 16.7. The van der Waals surface area contributed by atoms with Gasteiger partial charge in [-0.15, -0.1) is 0 Å². The Balaban J connectivity index is 1.85. The second kappa shape index (κ2) is 6.76. The molecule has 0 bridgehead atoms. The average Bonchev–Trinajstić information content (AvgIpc) is 3.12. The van der Waals surface area contributed by atoms with E-state index in [9.17, 15) is 9.59 Å². The molecule has 2 aromatic heterocycles. The lowest BCUT2D eigenvalue weighted by molar-refractivity contribution is -0.119. The molecular weight excluding hydrogens is 318 g/mol. The summed E-state index contributed by atoms with van der Waals surface area (Å²) >= 11 is 0. The van der Waals surface area contributed by atoms with Crippen molar-refractivity contribution in [3.63, 3.8) is 0 Å². The first-order valence-corrected chi connectivity index (χ1v) is 7.97. The molecule has 0 radical (unpaired) electrons. The molecule has 3 rings (SSSR count). The zero-order valence-corrected chi connectivity index (χ0v) is 14.3. The fraction of sp³-hybridized carbons (Fsp3) is 0.211. The second-order valence-electron chi connectivity index (χ2n) is 5.94. The highest BCUT2D eigenvalue weighted by Crippen LogP contribution is 2.18. The van der Waals surface area contributed by atoms with Crippen molar-refractivity contribution in [2.45, 2.75) is 26.8 Å². The quantitative estimate of drug-likeness (QED) is 0.792. The van der Waals surface area contributed by atoms with Gasteiger partial charge < -0.3 is 9.73 Å². The molecule has 3 aromatic rings. The van der Waals surface area contributed by atoms with Crippen molar-refractivity contribution in [3.05, 3.63) is 70.2 Å². The van der Waals surface area contributed by atoms with Gasteiger partial charge in [-0.05, 0) is 62.2 Å². The highest BCUT2D eigenvalue weighted by atomic mass is 16.3. The van der Waals surface area contributed by atoms with Gasteiger partial charge in [0.15, 0.2) is 5.76 Å². The van der Waals surface area contributed by atoms with Crippen molar-refractivity contribution in [2.75, 3.05) is 5.32 Å². The first-order valence-electron chi connectivity index (χ1n) is 7.97. The molecule has 25 heavy (non-hydrogen) atoms. The van der Waals surface area contributed by atoms with Crippen molar-refractivity contribution in [2.24, 2.45) is 0 Å². The largest absolute Gasteiger partial charge is 0.463 e. The summed E-state index contributed by atoms with van der Waals surface area (Å²) in [5.41, 5.74) is 3.07. The van der Waals surface area contributed by atoms with Gasteiger partial charge in [0.1, 0.15) is 11.7 Å². The zero-order valence-electron chi connectivity index (χ0n) is 14.3. The normalized spacial score (nSPS) is 12.0. The second-order valence-corrected chi connectivity index (χ2v) is 5.94. The maximum atomic E-state index is 12.5. The smallest absolute Gasteiger partial charge is 0.267 e. The standard InChI is InChI=1S/C19H19N3O3/c1-12-6-7-15(11-13(12)2)20-19(24)14(3)22-18(23)9-8-16(21-22)17-5-4-10-25-17/h4-11,14H,1-3H3,(H,20,24). The summed E-state index contributed by atoms with van der Waals surface area (Å²) in [4.78, 5) is 24.7. The third-order valence-corrected chi connectivity index (χ3v) is 4.12. The third kappa shape index (κ3) is 3.52. The number of hydrogen-bond acceptors (Lipinski definition) is 4. The summed E-state index contributed by atoms with van der Waals surface area (Å²) in [6, 6.07) is 11.4. The Morgan fingerprint density at radius 1 is 1.16 bits per heavy atom. The summed E-state index contributed by atoms with van der Waals surface area (Å²) in [5, 5.41) is 7.09. The number of aryl methyl sites for hydroxylation is 2. The van der Waals surface area contributed by atoms with Crippen LogP contribution < -0.4 is 10.9 Å². The van der Waals surface area contributed by atoms with Crippen LogP contribution in [0.3, 0.4) is 0 Å². The van der Waals surface area contributed by atoms with Gasteiger partial charge in [-0.25, -0.2) is 4.68 Å². The molecule has 0 fully saturated rings. The number of nitrogens with one attached hydrogen (secondary N) is 1. The van der Waals surface area contributed by atoms with E-state index in [1.54, 1.807) is 25.1 Å². The fourth-order valence-electron chi connectivity index (χ4n) is 2.44. The Hall–Kier alpha value is -3.15. The number of furan rings is 1. The summed E-state index contributed by atoms with van der Waals surface area (Å²) in [5.74, 6) is 0.227.